The summed E-state index contributed by atoms with van der Waals surface area (Å²) in [6, 6.07) is 0. The molecule has 1 saturated carbocycles. The molecule has 0 heterocycles. The smallest absolute Gasteiger partial charge is 0.0160 e. The SMILES string of the molecule is C=CCN(CCC)CC1(CN)CCC1. The third kappa shape index (κ3) is 2.82. The normalized spacial score (nSPS) is 19.4. The lowest BCUT2D eigenvalue weighted by molar-refractivity contribution is 0.0806. The summed E-state index contributed by atoms with van der Waals surface area (Å²) < 4.78 is 0. The number of hydrogen-bond donors (Lipinski definition) is 1. The van der Waals surface area contributed by atoms with Crippen molar-refractivity contribution in [1.29, 1.82) is 0 Å². The van der Waals surface area contributed by atoms with Crippen molar-refractivity contribution in [2.45, 2.75) is 32.6 Å². The Kier molecular flexibility index (Phi) is 4.63. The van der Waals surface area contributed by atoms with E-state index in [0.29, 0.717) is 5.41 Å². The van der Waals surface area contributed by atoms with E-state index in [2.05, 4.69) is 18.4 Å². The Morgan fingerprint density at radius 3 is 2.57 bits per heavy atom. The molecule has 0 aromatic carbocycles. The van der Waals surface area contributed by atoms with Crippen LogP contribution >= 0.6 is 0 Å². The van der Waals surface area contributed by atoms with Gasteiger partial charge in [0.05, 0.1) is 0 Å². The van der Waals surface area contributed by atoms with Crippen molar-refractivity contribution in [3.63, 3.8) is 0 Å². The molecule has 1 aliphatic rings. The van der Waals surface area contributed by atoms with Gasteiger partial charge >= 0.3 is 0 Å². The first-order chi connectivity index (χ1) is 6.76. The van der Waals surface area contributed by atoms with Crippen LogP contribution in [0.25, 0.3) is 0 Å². The molecule has 0 unspecified atom stereocenters. The van der Waals surface area contributed by atoms with E-state index >= 15 is 0 Å². The zero-order valence-corrected chi connectivity index (χ0v) is 9.47. The van der Waals surface area contributed by atoms with Crippen LogP contribution in [-0.4, -0.2) is 31.1 Å². The standard InChI is InChI=1S/C12H24N2/c1-3-8-14(9-4-2)11-12(10-13)6-5-7-12/h3H,1,4-11,13H2,2H3. The largest absolute Gasteiger partial charge is 0.330 e. The van der Waals surface area contributed by atoms with Gasteiger partial charge in [0.25, 0.3) is 0 Å². The molecule has 0 aromatic heterocycles. The van der Waals surface area contributed by atoms with Crippen LogP contribution in [0, 0.1) is 5.41 Å². The highest BCUT2D eigenvalue weighted by Crippen LogP contribution is 2.40. The van der Waals surface area contributed by atoms with Gasteiger partial charge in [-0.15, -0.1) is 6.58 Å². The molecular weight excluding hydrogens is 172 g/mol. The predicted molar refractivity (Wildman–Crippen MR) is 62.3 cm³/mol. The monoisotopic (exact) mass is 196 g/mol. The van der Waals surface area contributed by atoms with Crippen LogP contribution in [0.3, 0.4) is 0 Å². The van der Waals surface area contributed by atoms with Crippen LogP contribution < -0.4 is 5.73 Å². The van der Waals surface area contributed by atoms with Crippen molar-refractivity contribution in [1.82, 2.24) is 4.90 Å². The van der Waals surface area contributed by atoms with E-state index in [1.165, 1.54) is 38.8 Å². The quantitative estimate of drug-likeness (QED) is 0.631. The molecule has 0 amide bonds. The molecule has 1 rings (SSSR count). The van der Waals surface area contributed by atoms with E-state index in [1.807, 2.05) is 6.08 Å². The van der Waals surface area contributed by atoms with Crippen molar-refractivity contribution >= 4 is 0 Å². The van der Waals surface area contributed by atoms with E-state index < -0.39 is 0 Å². The average molecular weight is 196 g/mol. The van der Waals surface area contributed by atoms with Crippen molar-refractivity contribution in [3.05, 3.63) is 12.7 Å². The molecule has 0 saturated heterocycles. The molecule has 0 bridgehead atoms. The zero-order valence-electron chi connectivity index (χ0n) is 9.47. The molecule has 2 N–H and O–H groups in total. The molecule has 2 heteroatoms. The summed E-state index contributed by atoms with van der Waals surface area (Å²) in [5.74, 6) is 0. The second kappa shape index (κ2) is 5.52. The second-order valence-electron chi connectivity index (χ2n) is 4.58. The summed E-state index contributed by atoms with van der Waals surface area (Å²) in [5.41, 5.74) is 6.30. The third-order valence-corrected chi connectivity index (χ3v) is 3.33. The molecule has 0 spiro atoms. The topological polar surface area (TPSA) is 29.3 Å². The molecular formula is C12H24N2. The van der Waals surface area contributed by atoms with Crippen LogP contribution in [-0.2, 0) is 0 Å². The lowest BCUT2D eigenvalue weighted by Crippen LogP contribution is -2.47. The van der Waals surface area contributed by atoms with Gasteiger partial charge in [0, 0.05) is 13.1 Å². The van der Waals surface area contributed by atoms with Crippen LogP contribution in [0.5, 0.6) is 0 Å². The Hall–Kier alpha value is -0.340. The summed E-state index contributed by atoms with van der Waals surface area (Å²) in [4.78, 5) is 2.49. The van der Waals surface area contributed by atoms with Crippen LogP contribution in [0.2, 0.25) is 0 Å². The van der Waals surface area contributed by atoms with Gasteiger partial charge in [-0.2, -0.15) is 0 Å². The van der Waals surface area contributed by atoms with Gasteiger partial charge in [-0.1, -0.05) is 19.4 Å². The van der Waals surface area contributed by atoms with Gasteiger partial charge in [0.2, 0.25) is 0 Å². The minimum absolute atomic E-state index is 0.443. The van der Waals surface area contributed by atoms with Gasteiger partial charge in [0.1, 0.15) is 0 Å². The maximum atomic E-state index is 5.86. The number of hydrogen-bond acceptors (Lipinski definition) is 2. The zero-order chi connectivity index (χ0) is 10.4. The number of nitrogens with zero attached hydrogens (tertiary/aromatic N) is 1. The number of rotatable bonds is 7. The molecule has 1 fully saturated rings. The average Bonchev–Trinajstić information content (AvgIpc) is 2.12. The lowest BCUT2D eigenvalue weighted by atomic mass is 9.68. The first kappa shape index (κ1) is 11.7. The number of nitrogens with two attached hydrogens (primary N) is 1. The van der Waals surface area contributed by atoms with Gasteiger partial charge in [-0.25, -0.2) is 0 Å². The van der Waals surface area contributed by atoms with Gasteiger partial charge < -0.3 is 5.73 Å². The highest BCUT2D eigenvalue weighted by molar-refractivity contribution is 4.92. The van der Waals surface area contributed by atoms with Crippen molar-refractivity contribution in [3.8, 4) is 0 Å². The molecule has 0 aliphatic heterocycles. The van der Waals surface area contributed by atoms with Crippen molar-refractivity contribution in [2.24, 2.45) is 11.1 Å². The Balaban J connectivity index is 2.39. The van der Waals surface area contributed by atoms with Crippen molar-refractivity contribution in [2.75, 3.05) is 26.2 Å². The fourth-order valence-corrected chi connectivity index (χ4v) is 2.31. The Morgan fingerprint density at radius 2 is 2.21 bits per heavy atom. The minimum atomic E-state index is 0.443. The van der Waals surface area contributed by atoms with Crippen LogP contribution in [0.1, 0.15) is 32.6 Å². The summed E-state index contributed by atoms with van der Waals surface area (Å²) in [7, 11) is 0. The van der Waals surface area contributed by atoms with Crippen LogP contribution in [0.15, 0.2) is 12.7 Å². The summed E-state index contributed by atoms with van der Waals surface area (Å²) >= 11 is 0. The molecule has 2 nitrogen and oxygen atoms in total. The van der Waals surface area contributed by atoms with E-state index in [4.69, 9.17) is 5.73 Å². The highest BCUT2D eigenvalue weighted by atomic mass is 15.1. The van der Waals surface area contributed by atoms with E-state index in [0.717, 1.165) is 13.1 Å². The van der Waals surface area contributed by atoms with E-state index in [9.17, 15) is 0 Å². The molecule has 0 aromatic rings. The van der Waals surface area contributed by atoms with Gasteiger partial charge in [-0.3, -0.25) is 4.90 Å². The first-order valence-corrected chi connectivity index (χ1v) is 5.79. The van der Waals surface area contributed by atoms with Crippen molar-refractivity contribution < 1.29 is 0 Å². The fraction of sp³-hybridized carbons (Fsp3) is 0.833. The van der Waals surface area contributed by atoms with Gasteiger partial charge in [-0.05, 0) is 37.8 Å². The first-order valence-electron chi connectivity index (χ1n) is 5.79. The molecule has 0 atom stereocenters. The molecule has 82 valence electrons. The molecule has 0 radical (unpaired) electrons. The van der Waals surface area contributed by atoms with Crippen LogP contribution in [0.4, 0.5) is 0 Å². The Labute approximate surface area is 88.2 Å². The Bertz CT molecular complexity index is 168. The summed E-state index contributed by atoms with van der Waals surface area (Å²) in [6.07, 6.45) is 7.22. The van der Waals surface area contributed by atoms with Gasteiger partial charge in [0.15, 0.2) is 0 Å². The fourth-order valence-electron chi connectivity index (χ4n) is 2.31. The van der Waals surface area contributed by atoms with E-state index in [-0.39, 0.29) is 0 Å². The second-order valence-corrected chi connectivity index (χ2v) is 4.58. The third-order valence-electron chi connectivity index (χ3n) is 3.33. The summed E-state index contributed by atoms with van der Waals surface area (Å²) in [6.45, 7) is 10.2. The molecule has 14 heavy (non-hydrogen) atoms. The maximum absolute atomic E-state index is 5.86. The lowest BCUT2D eigenvalue weighted by Gasteiger charge is -2.44. The molecule has 1 aliphatic carbocycles. The summed E-state index contributed by atoms with van der Waals surface area (Å²) in [5, 5.41) is 0. The minimum Gasteiger partial charge on any atom is -0.330 e. The van der Waals surface area contributed by atoms with E-state index in [1.54, 1.807) is 0 Å². The Morgan fingerprint density at radius 1 is 1.50 bits per heavy atom. The predicted octanol–water partition coefficient (Wildman–Crippen LogP) is 2.01. The maximum Gasteiger partial charge on any atom is 0.0160 e. The highest BCUT2D eigenvalue weighted by Gasteiger charge is 2.36.